The van der Waals surface area contributed by atoms with Crippen molar-refractivity contribution in [1.29, 1.82) is 0 Å². The molecule has 0 amide bonds. The van der Waals surface area contributed by atoms with Gasteiger partial charge in [0.15, 0.2) is 0 Å². The lowest BCUT2D eigenvalue weighted by Gasteiger charge is -2.34. The van der Waals surface area contributed by atoms with Gasteiger partial charge in [0, 0.05) is 31.9 Å². The topological polar surface area (TPSA) is 6.48 Å². The van der Waals surface area contributed by atoms with E-state index in [0.29, 0.717) is 11.8 Å². The zero-order valence-electron chi connectivity index (χ0n) is 18.6. The average molecular weight is 369 g/mol. The highest BCUT2D eigenvalue weighted by molar-refractivity contribution is 5.48. The number of rotatable bonds is 3. The van der Waals surface area contributed by atoms with Crippen LogP contribution in [0.4, 0.5) is 5.69 Å². The molecule has 1 heterocycles. The molecule has 2 aromatic rings. The molecule has 1 aliphatic rings. The summed E-state index contributed by atoms with van der Waals surface area (Å²) in [6, 6.07) is 19.6. The number of piperazine rings is 1. The van der Waals surface area contributed by atoms with Gasteiger partial charge < -0.3 is 9.80 Å². The van der Waals surface area contributed by atoms with Gasteiger partial charge in [-0.1, -0.05) is 84.0 Å². The number of nitrogens with zero attached hydrogens (tertiary/aromatic N) is 2. The van der Waals surface area contributed by atoms with Crippen LogP contribution in [0.15, 0.2) is 54.6 Å². The van der Waals surface area contributed by atoms with Gasteiger partial charge >= 0.3 is 0 Å². The van der Waals surface area contributed by atoms with Gasteiger partial charge in [0.05, 0.1) is 0 Å². The maximum Gasteiger partial charge on any atom is 0.0367 e. The van der Waals surface area contributed by atoms with Crippen LogP contribution in [0.25, 0.3) is 0 Å². The summed E-state index contributed by atoms with van der Waals surface area (Å²) in [7, 11) is 2.19. The lowest BCUT2D eigenvalue weighted by atomic mass is 10.0. The molecule has 1 saturated heterocycles. The molecule has 0 N–H and O–H groups in total. The van der Waals surface area contributed by atoms with Crippen LogP contribution in [0.2, 0.25) is 0 Å². The van der Waals surface area contributed by atoms with Gasteiger partial charge in [0.25, 0.3) is 0 Å². The Morgan fingerprint density at radius 3 is 1.48 bits per heavy atom. The smallest absolute Gasteiger partial charge is 0.0367 e. The third-order valence-corrected chi connectivity index (χ3v) is 4.89. The molecule has 0 aliphatic carbocycles. The van der Waals surface area contributed by atoms with E-state index >= 15 is 0 Å². The first kappa shape index (κ1) is 23.2. The van der Waals surface area contributed by atoms with Crippen LogP contribution in [-0.2, 0) is 0 Å². The number of anilines is 1. The van der Waals surface area contributed by atoms with E-state index in [0.717, 1.165) is 13.1 Å². The van der Waals surface area contributed by atoms with Crippen molar-refractivity contribution in [3.63, 3.8) is 0 Å². The van der Waals surface area contributed by atoms with Crippen LogP contribution in [0.5, 0.6) is 0 Å². The maximum absolute atomic E-state index is 2.48. The third-order valence-electron chi connectivity index (χ3n) is 4.89. The highest BCUT2D eigenvalue weighted by Crippen LogP contribution is 2.20. The zero-order valence-corrected chi connectivity index (χ0v) is 18.6. The largest absolute Gasteiger partial charge is 0.369 e. The van der Waals surface area contributed by atoms with Crippen LogP contribution < -0.4 is 4.90 Å². The molecule has 1 fully saturated rings. The predicted octanol–water partition coefficient (Wildman–Crippen LogP) is 6.40. The van der Waals surface area contributed by atoms with E-state index in [-0.39, 0.29) is 0 Å². The highest BCUT2D eigenvalue weighted by Gasteiger charge is 2.13. The minimum Gasteiger partial charge on any atom is -0.369 e. The Labute approximate surface area is 168 Å². The minimum absolute atomic E-state index is 0.626. The number of benzene rings is 2. The Bertz CT molecular complexity index is 594. The Kier molecular flexibility index (Phi) is 10.8. The first-order valence-electron chi connectivity index (χ1n) is 10.6. The summed E-state index contributed by atoms with van der Waals surface area (Å²) in [5.74, 6) is 1.28. The highest BCUT2D eigenvalue weighted by atomic mass is 15.2. The van der Waals surface area contributed by atoms with Gasteiger partial charge in [-0.15, -0.1) is 0 Å². The van der Waals surface area contributed by atoms with Gasteiger partial charge in [-0.05, 0) is 42.1 Å². The molecule has 150 valence electrons. The quantitative estimate of drug-likeness (QED) is 0.618. The van der Waals surface area contributed by atoms with Crippen molar-refractivity contribution in [3.05, 3.63) is 65.7 Å². The van der Waals surface area contributed by atoms with Crippen molar-refractivity contribution >= 4 is 5.69 Å². The number of hydrogen-bond donors (Lipinski definition) is 0. The SMILES string of the molecule is CC.CC(C)c1ccc(N2CCN(C)CC2)cc1.CC(C)c1ccccc1. The molecular weight excluding hydrogens is 328 g/mol. The van der Waals surface area contributed by atoms with E-state index in [1.807, 2.05) is 19.9 Å². The zero-order chi connectivity index (χ0) is 20.2. The van der Waals surface area contributed by atoms with Crippen LogP contribution in [0.1, 0.15) is 64.5 Å². The van der Waals surface area contributed by atoms with Crippen molar-refractivity contribution < 1.29 is 0 Å². The molecule has 0 bridgehead atoms. The molecule has 2 nitrogen and oxygen atoms in total. The Hall–Kier alpha value is -1.80. The molecule has 3 rings (SSSR count). The first-order chi connectivity index (χ1) is 13.0. The van der Waals surface area contributed by atoms with Gasteiger partial charge in [-0.2, -0.15) is 0 Å². The van der Waals surface area contributed by atoms with Crippen LogP contribution in [0, 0.1) is 0 Å². The van der Waals surface area contributed by atoms with Crippen LogP contribution in [0.3, 0.4) is 0 Å². The molecular formula is C25H40N2. The van der Waals surface area contributed by atoms with Gasteiger partial charge in [-0.3, -0.25) is 0 Å². The standard InChI is InChI=1S/C14H22N2.C9H12.C2H6/c1-12(2)13-4-6-14(7-5-13)16-10-8-15(3)9-11-16;1-8(2)9-6-4-3-5-7-9;1-2/h4-7,12H,8-11H2,1-3H3;3-8H,1-2H3;1-2H3. The molecule has 2 heteroatoms. The summed E-state index contributed by atoms with van der Waals surface area (Å²) < 4.78 is 0. The third kappa shape index (κ3) is 8.17. The summed E-state index contributed by atoms with van der Waals surface area (Å²) >= 11 is 0. The summed E-state index contributed by atoms with van der Waals surface area (Å²) in [5.41, 5.74) is 4.22. The second-order valence-electron chi connectivity index (χ2n) is 7.60. The van der Waals surface area contributed by atoms with Gasteiger partial charge in [0.2, 0.25) is 0 Å². The van der Waals surface area contributed by atoms with Gasteiger partial charge in [0.1, 0.15) is 0 Å². The second-order valence-corrected chi connectivity index (χ2v) is 7.60. The molecule has 2 aromatic carbocycles. The van der Waals surface area contributed by atoms with E-state index in [1.54, 1.807) is 0 Å². The van der Waals surface area contributed by atoms with E-state index in [9.17, 15) is 0 Å². The van der Waals surface area contributed by atoms with E-state index in [2.05, 4.69) is 93.1 Å². The van der Waals surface area contributed by atoms with Crippen LogP contribution in [-0.4, -0.2) is 38.1 Å². The first-order valence-corrected chi connectivity index (χ1v) is 10.6. The van der Waals surface area contributed by atoms with Crippen LogP contribution >= 0.6 is 0 Å². The lowest BCUT2D eigenvalue weighted by Crippen LogP contribution is -2.44. The fourth-order valence-electron chi connectivity index (χ4n) is 2.97. The summed E-state index contributed by atoms with van der Waals surface area (Å²) in [6.07, 6.45) is 0. The van der Waals surface area contributed by atoms with E-state index in [1.165, 1.54) is 29.9 Å². The molecule has 27 heavy (non-hydrogen) atoms. The normalized spacial score (nSPS) is 14.3. The fraction of sp³-hybridized carbons (Fsp3) is 0.520. The Balaban J connectivity index is 0.000000282. The van der Waals surface area contributed by atoms with Crippen molar-refractivity contribution in [2.24, 2.45) is 0 Å². The van der Waals surface area contributed by atoms with Gasteiger partial charge in [-0.25, -0.2) is 0 Å². The minimum atomic E-state index is 0.626. The number of hydrogen-bond acceptors (Lipinski definition) is 2. The summed E-state index contributed by atoms with van der Waals surface area (Å²) in [6.45, 7) is 17.5. The number of likely N-dealkylation sites (N-methyl/N-ethyl adjacent to an activating group) is 1. The maximum atomic E-state index is 2.48. The average Bonchev–Trinajstić information content (AvgIpc) is 2.71. The summed E-state index contributed by atoms with van der Waals surface area (Å²) in [4.78, 5) is 4.86. The Morgan fingerprint density at radius 2 is 1.07 bits per heavy atom. The molecule has 0 saturated carbocycles. The van der Waals surface area contributed by atoms with E-state index < -0.39 is 0 Å². The molecule has 1 aliphatic heterocycles. The molecule has 0 unspecified atom stereocenters. The monoisotopic (exact) mass is 368 g/mol. The van der Waals surface area contributed by atoms with Crippen molar-refractivity contribution in [1.82, 2.24) is 4.90 Å². The molecule has 0 spiro atoms. The van der Waals surface area contributed by atoms with E-state index in [4.69, 9.17) is 0 Å². The Morgan fingerprint density at radius 1 is 0.630 bits per heavy atom. The van der Waals surface area contributed by atoms with Crippen molar-refractivity contribution in [2.75, 3.05) is 38.1 Å². The van der Waals surface area contributed by atoms with Crippen molar-refractivity contribution in [2.45, 2.75) is 53.4 Å². The lowest BCUT2D eigenvalue weighted by molar-refractivity contribution is 0.313. The molecule has 0 radical (unpaired) electrons. The molecule has 0 aromatic heterocycles. The second kappa shape index (κ2) is 12.6. The van der Waals surface area contributed by atoms with Crippen molar-refractivity contribution in [3.8, 4) is 0 Å². The molecule has 0 atom stereocenters. The fourth-order valence-corrected chi connectivity index (χ4v) is 2.97. The predicted molar refractivity (Wildman–Crippen MR) is 122 cm³/mol. The summed E-state index contributed by atoms with van der Waals surface area (Å²) in [5, 5.41) is 0.